The summed E-state index contributed by atoms with van der Waals surface area (Å²) in [5.74, 6) is 1.14. The number of benzene rings is 1. The lowest BCUT2D eigenvalue weighted by molar-refractivity contribution is -0.129. The first-order chi connectivity index (χ1) is 15.4. The molecule has 1 aromatic heterocycles. The normalized spacial score (nSPS) is 15.7. The highest BCUT2D eigenvalue weighted by atomic mass is 16.2. The molecule has 4 rings (SSSR count). The number of anilines is 2. The Bertz CT molecular complexity index is 1070. The maximum atomic E-state index is 13.0. The highest BCUT2D eigenvalue weighted by Gasteiger charge is 2.35. The van der Waals surface area contributed by atoms with E-state index in [1.54, 1.807) is 28.9 Å². The molecule has 0 spiro atoms. The Labute approximate surface area is 187 Å². The summed E-state index contributed by atoms with van der Waals surface area (Å²) in [4.78, 5) is 39.7. The van der Waals surface area contributed by atoms with Gasteiger partial charge in [0.25, 0.3) is 5.91 Å². The number of carbonyl (C=O) groups excluding carboxylic acids is 2. The van der Waals surface area contributed by atoms with Gasteiger partial charge in [0.2, 0.25) is 11.9 Å². The van der Waals surface area contributed by atoms with Crippen molar-refractivity contribution in [3.8, 4) is 6.07 Å². The fraction of sp³-hybridized carbons (Fsp3) is 0.435. The number of aromatic nitrogens is 2. The Morgan fingerprint density at radius 3 is 2.44 bits per heavy atom. The zero-order chi connectivity index (χ0) is 22.8. The van der Waals surface area contributed by atoms with E-state index < -0.39 is 0 Å². The van der Waals surface area contributed by atoms with Crippen molar-refractivity contribution in [1.29, 1.82) is 5.26 Å². The molecule has 2 aliphatic heterocycles. The van der Waals surface area contributed by atoms with Gasteiger partial charge < -0.3 is 20.0 Å². The van der Waals surface area contributed by atoms with Crippen molar-refractivity contribution in [1.82, 2.24) is 19.8 Å². The Balaban J connectivity index is 1.61. The van der Waals surface area contributed by atoms with Crippen LogP contribution in [0.25, 0.3) is 0 Å². The van der Waals surface area contributed by atoms with Gasteiger partial charge in [-0.2, -0.15) is 10.2 Å². The summed E-state index contributed by atoms with van der Waals surface area (Å²) >= 11 is 0. The van der Waals surface area contributed by atoms with Crippen LogP contribution in [0.1, 0.15) is 48.0 Å². The van der Waals surface area contributed by atoms with E-state index in [9.17, 15) is 9.59 Å². The van der Waals surface area contributed by atoms with Gasteiger partial charge in [0.05, 0.1) is 18.2 Å². The topological polar surface area (TPSA) is 105 Å². The van der Waals surface area contributed by atoms with Crippen molar-refractivity contribution in [3.63, 3.8) is 0 Å². The molecule has 2 aromatic rings. The number of carbonyl (C=O) groups is 2. The van der Waals surface area contributed by atoms with Crippen LogP contribution in [0, 0.1) is 11.3 Å². The van der Waals surface area contributed by atoms with Crippen molar-refractivity contribution in [2.45, 2.75) is 39.9 Å². The maximum Gasteiger partial charge on any atom is 0.273 e. The standard InChI is InChI=1S/C23H27N7O2/c1-15(2)30-14-19-20(22(30)32)26-23(29-10-8-28(9-11-29)16(3)31)27-21(19)25-13-18-6-4-17(12-24)5-7-18/h4-7,15H,8-11,13-14H2,1-3H3,(H,25,26,27). The number of fused-ring (bicyclic) bond motifs is 1. The molecule has 0 aliphatic carbocycles. The molecule has 1 aromatic carbocycles. The molecule has 0 bridgehead atoms. The second kappa shape index (κ2) is 8.83. The van der Waals surface area contributed by atoms with Gasteiger partial charge in [0.15, 0.2) is 0 Å². The molecule has 0 unspecified atom stereocenters. The number of nitrogens with zero attached hydrogens (tertiary/aromatic N) is 6. The molecule has 9 nitrogen and oxygen atoms in total. The first kappa shape index (κ1) is 21.6. The van der Waals surface area contributed by atoms with Gasteiger partial charge in [-0.15, -0.1) is 0 Å². The average molecular weight is 434 g/mol. The van der Waals surface area contributed by atoms with Crippen LogP contribution in [0.2, 0.25) is 0 Å². The van der Waals surface area contributed by atoms with E-state index in [1.165, 1.54) is 0 Å². The number of piperazine rings is 1. The fourth-order valence-electron chi connectivity index (χ4n) is 3.99. The van der Waals surface area contributed by atoms with Crippen molar-refractivity contribution >= 4 is 23.6 Å². The lowest BCUT2D eigenvalue weighted by Gasteiger charge is -2.34. The molecular formula is C23H27N7O2. The molecule has 0 saturated carbocycles. The van der Waals surface area contributed by atoms with Crippen molar-refractivity contribution in [2.75, 3.05) is 36.4 Å². The average Bonchev–Trinajstić information content (AvgIpc) is 3.14. The molecule has 1 N–H and O–H groups in total. The van der Waals surface area contributed by atoms with Crippen molar-refractivity contribution in [2.24, 2.45) is 0 Å². The minimum absolute atomic E-state index is 0.0608. The molecule has 0 radical (unpaired) electrons. The van der Waals surface area contributed by atoms with E-state index in [-0.39, 0.29) is 17.9 Å². The number of rotatable bonds is 5. The van der Waals surface area contributed by atoms with E-state index in [2.05, 4.69) is 16.4 Å². The van der Waals surface area contributed by atoms with Crippen LogP contribution in [0.15, 0.2) is 24.3 Å². The summed E-state index contributed by atoms with van der Waals surface area (Å²) in [5, 5.41) is 12.4. The van der Waals surface area contributed by atoms with Crippen LogP contribution in [0.4, 0.5) is 11.8 Å². The van der Waals surface area contributed by atoms with Crippen molar-refractivity contribution in [3.05, 3.63) is 46.6 Å². The Kier molecular flexibility index (Phi) is 5.95. The smallest absolute Gasteiger partial charge is 0.273 e. The van der Waals surface area contributed by atoms with Gasteiger partial charge in [-0.05, 0) is 31.5 Å². The zero-order valence-corrected chi connectivity index (χ0v) is 18.6. The summed E-state index contributed by atoms with van der Waals surface area (Å²) in [6, 6.07) is 9.56. The van der Waals surface area contributed by atoms with Gasteiger partial charge in [0, 0.05) is 51.3 Å². The second-order valence-corrected chi connectivity index (χ2v) is 8.38. The molecule has 2 amide bonds. The van der Waals surface area contributed by atoms with Gasteiger partial charge in [0.1, 0.15) is 11.5 Å². The number of hydrogen-bond donors (Lipinski definition) is 1. The molecule has 1 fully saturated rings. The summed E-state index contributed by atoms with van der Waals surface area (Å²) in [5.41, 5.74) is 2.88. The Morgan fingerprint density at radius 2 is 1.84 bits per heavy atom. The van der Waals surface area contributed by atoms with E-state index >= 15 is 0 Å². The quantitative estimate of drug-likeness (QED) is 0.769. The molecule has 32 heavy (non-hydrogen) atoms. The lowest BCUT2D eigenvalue weighted by atomic mass is 10.1. The van der Waals surface area contributed by atoms with Crippen LogP contribution >= 0.6 is 0 Å². The Morgan fingerprint density at radius 1 is 1.16 bits per heavy atom. The minimum atomic E-state index is -0.0811. The summed E-state index contributed by atoms with van der Waals surface area (Å²) in [7, 11) is 0. The van der Waals surface area contributed by atoms with Crippen LogP contribution in [0.5, 0.6) is 0 Å². The van der Waals surface area contributed by atoms with Crippen LogP contribution in [0.3, 0.4) is 0 Å². The maximum absolute atomic E-state index is 13.0. The fourth-order valence-corrected chi connectivity index (χ4v) is 3.99. The van der Waals surface area contributed by atoms with Gasteiger partial charge >= 0.3 is 0 Å². The molecule has 1 saturated heterocycles. The van der Waals surface area contributed by atoms with Gasteiger partial charge in [-0.25, -0.2) is 4.98 Å². The molecule has 166 valence electrons. The summed E-state index contributed by atoms with van der Waals surface area (Å²) in [6.45, 7) is 9.00. The van der Waals surface area contributed by atoms with Gasteiger partial charge in [-0.1, -0.05) is 12.1 Å². The minimum Gasteiger partial charge on any atom is -0.366 e. The number of nitriles is 1. The monoisotopic (exact) mass is 433 g/mol. The van der Waals surface area contributed by atoms with E-state index in [0.29, 0.717) is 62.3 Å². The number of hydrogen-bond acceptors (Lipinski definition) is 7. The van der Waals surface area contributed by atoms with Crippen molar-refractivity contribution < 1.29 is 9.59 Å². The molecule has 9 heteroatoms. The Hall–Kier alpha value is -3.67. The predicted octanol–water partition coefficient (Wildman–Crippen LogP) is 1.99. The summed E-state index contributed by atoms with van der Waals surface area (Å²) < 4.78 is 0. The zero-order valence-electron chi connectivity index (χ0n) is 18.6. The van der Waals surface area contributed by atoms with Gasteiger partial charge in [-0.3, -0.25) is 9.59 Å². The SMILES string of the molecule is CC(=O)N1CCN(c2nc(NCc3ccc(C#N)cc3)c3c(n2)C(=O)N(C(C)C)C3)CC1. The summed E-state index contributed by atoms with van der Waals surface area (Å²) in [6.07, 6.45) is 0. The third-order valence-electron chi connectivity index (χ3n) is 5.96. The van der Waals surface area contributed by atoms with Crippen LogP contribution in [-0.2, 0) is 17.9 Å². The number of amides is 2. The highest BCUT2D eigenvalue weighted by molar-refractivity contribution is 5.98. The largest absolute Gasteiger partial charge is 0.366 e. The van der Waals surface area contributed by atoms with Crippen LogP contribution < -0.4 is 10.2 Å². The molecule has 2 aliphatic rings. The third-order valence-corrected chi connectivity index (χ3v) is 5.96. The molecule has 3 heterocycles. The molecule has 0 atom stereocenters. The van der Waals surface area contributed by atoms with Crippen LogP contribution in [-0.4, -0.2) is 63.8 Å². The predicted molar refractivity (Wildman–Crippen MR) is 120 cm³/mol. The van der Waals surface area contributed by atoms with E-state index in [4.69, 9.17) is 10.2 Å². The van der Waals surface area contributed by atoms with E-state index in [0.717, 1.165) is 11.1 Å². The molecular weight excluding hydrogens is 406 g/mol. The second-order valence-electron chi connectivity index (χ2n) is 8.38. The third kappa shape index (κ3) is 4.21. The van der Waals surface area contributed by atoms with E-state index in [1.807, 2.05) is 30.9 Å². The first-order valence-electron chi connectivity index (χ1n) is 10.8. The first-order valence-corrected chi connectivity index (χ1v) is 10.8. The lowest BCUT2D eigenvalue weighted by Crippen LogP contribution is -2.48. The highest BCUT2D eigenvalue weighted by Crippen LogP contribution is 2.31. The number of nitrogens with one attached hydrogen (secondary N) is 1.